The average molecular weight is 563 g/mol. The highest BCUT2D eigenvalue weighted by Gasteiger charge is 2.60. The second kappa shape index (κ2) is 14.2. The van der Waals surface area contributed by atoms with E-state index in [9.17, 15) is 29.1 Å². The molecule has 1 aliphatic rings. The Bertz CT molecular complexity index is 1060. The van der Waals surface area contributed by atoms with Crippen molar-refractivity contribution < 1.29 is 38.3 Å². The van der Waals surface area contributed by atoms with E-state index < -0.39 is 65.9 Å². The molecule has 0 bridgehead atoms. The van der Waals surface area contributed by atoms with Gasteiger partial charge in [-0.25, -0.2) is 14.1 Å². The van der Waals surface area contributed by atoms with Gasteiger partial charge in [-0.3, -0.25) is 14.4 Å². The minimum absolute atomic E-state index is 0.0507. The number of aliphatic hydroxyl groups is 1. The Labute approximate surface area is 235 Å². The topological polar surface area (TPSA) is 191 Å². The van der Waals surface area contributed by atoms with E-state index in [-0.39, 0.29) is 17.5 Å². The number of nitrogens with two attached hydrogens (primary N) is 2. The number of nitrogens with one attached hydrogen (secondary N) is 2. The molecule has 1 fully saturated rings. The third-order valence-electron chi connectivity index (χ3n) is 7.44. The highest BCUT2D eigenvalue weighted by molar-refractivity contribution is 5.91. The van der Waals surface area contributed by atoms with Crippen LogP contribution in [0.15, 0.2) is 30.3 Å². The van der Waals surface area contributed by atoms with Gasteiger partial charge in [0.15, 0.2) is 12.1 Å². The number of unbranched alkanes of at least 4 members (excludes halogenated alkanes) is 1. The van der Waals surface area contributed by atoms with Crippen LogP contribution in [0.3, 0.4) is 0 Å². The number of ether oxygens (including phenoxy) is 1. The van der Waals surface area contributed by atoms with Crippen molar-refractivity contribution in [1.82, 2.24) is 10.6 Å². The van der Waals surface area contributed by atoms with Gasteiger partial charge in [-0.2, -0.15) is 0 Å². The zero-order chi connectivity index (χ0) is 30.1. The number of hydrogen-bond donors (Lipinski definition) is 5. The molecular formula is C28H44N5O7+. The highest BCUT2D eigenvalue weighted by Crippen LogP contribution is 2.38. The van der Waals surface area contributed by atoms with Gasteiger partial charge in [0.2, 0.25) is 11.8 Å². The molecule has 5 amide bonds. The molecule has 1 unspecified atom stereocenters. The lowest BCUT2D eigenvalue weighted by molar-refractivity contribution is -0.904. The molecule has 222 valence electrons. The minimum Gasteiger partial charge on any atom is -0.450 e. The minimum atomic E-state index is -1.74. The van der Waals surface area contributed by atoms with Crippen molar-refractivity contribution in [3.05, 3.63) is 35.9 Å². The number of amides is 5. The normalized spacial score (nSPS) is 21.1. The maximum atomic E-state index is 14.1. The predicted molar refractivity (Wildman–Crippen MR) is 147 cm³/mol. The molecule has 0 saturated carbocycles. The van der Waals surface area contributed by atoms with Crippen molar-refractivity contribution in [2.24, 2.45) is 11.5 Å². The van der Waals surface area contributed by atoms with Crippen LogP contribution in [0, 0.1) is 0 Å². The molecule has 0 aromatic heterocycles. The zero-order valence-electron chi connectivity index (χ0n) is 23.9. The fourth-order valence-electron chi connectivity index (χ4n) is 5.37. The lowest BCUT2D eigenvalue weighted by Crippen LogP contribution is -2.72. The summed E-state index contributed by atoms with van der Waals surface area (Å²) >= 11 is 0. The van der Waals surface area contributed by atoms with Gasteiger partial charge >= 0.3 is 12.0 Å². The van der Waals surface area contributed by atoms with E-state index in [0.717, 1.165) is 6.42 Å². The molecule has 0 radical (unpaired) electrons. The summed E-state index contributed by atoms with van der Waals surface area (Å²) in [6.07, 6.45) is -0.754. The third kappa shape index (κ3) is 8.01. The number of rotatable bonds is 13. The van der Waals surface area contributed by atoms with E-state index in [2.05, 4.69) is 10.6 Å². The van der Waals surface area contributed by atoms with E-state index in [0.29, 0.717) is 31.4 Å². The Morgan fingerprint density at radius 3 is 2.30 bits per heavy atom. The fraction of sp³-hybridized carbons (Fsp3) is 0.607. The molecule has 1 heterocycles. The van der Waals surface area contributed by atoms with Crippen molar-refractivity contribution in [3.8, 4) is 0 Å². The van der Waals surface area contributed by atoms with E-state index >= 15 is 0 Å². The van der Waals surface area contributed by atoms with Gasteiger partial charge in [0.25, 0.3) is 5.91 Å². The van der Waals surface area contributed by atoms with Crippen LogP contribution in [-0.4, -0.2) is 82.2 Å². The van der Waals surface area contributed by atoms with Gasteiger partial charge in [0.1, 0.15) is 6.04 Å². The number of carbonyl (C=O) groups excluding carboxylic acids is 5. The van der Waals surface area contributed by atoms with Crippen LogP contribution in [-0.2, 0) is 30.3 Å². The quantitative estimate of drug-likeness (QED) is 0.172. The van der Waals surface area contributed by atoms with Crippen LogP contribution < -0.4 is 22.1 Å². The van der Waals surface area contributed by atoms with E-state index in [4.69, 9.17) is 16.2 Å². The maximum Gasteiger partial charge on any atom is 0.407 e. The summed E-state index contributed by atoms with van der Waals surface area (Å²) in [5, 5.41) is 16.5. The molecule has 0 spiro atoms. The number of hydrogen-bond acceptors (Lipinski definition) is 7. The number of nitrogens with zero attached hydrogens (tertiary/aromatic N) is 1. The average Bonchev–Trinajstić information content (AvgIpc) is 3.34. The molecule has 12 nitrogen and oxygen atoms in total. The second-order valence-corrected chi connectivity index (χ2v) is 11.3. The van der Waals surface area contributed by atoms with Gasteiger partial charge in [-0.1, -0.05) is 43.7 Å². The van der Waals surface area contributed by atoms with Gasteiger partial charge in [-0.15, -0.1) is 0 Å². The first-order chi connectivity index (χ1) is 18.7. The van der Waals surface area contributed by atoms with Crippen molar-refractivity contribution in [2.45, 2.75) is 96.0 Å². The second-order valence-electron chi connectivity index (χ2n) is 11.3. The molecule has 40 heavy (non-hydrogen) atoms. The monoisotopic (exact) mass is 562 g/mol. The third-order valence-corrected chi connectivity index (χ3v) is 7.44. The lowest BCUT2D eigenvalue weighted by atomic mass is 9.93. The maximum absolute atomic E-state index is 14.1. The van der Waals surface area contributed by atoms with Crippen molar-refractivity contribution >= 4 is 29.7 Å². The van der Waals surface area contributed by atoms with Crippen LogP contribution in [0.25, 0.3) is 0 Å². The van der Waals surface area contributed by atoms with Gasteiger partial charge in [-0.05, 0) is 39.2 Å². The van der Waals surface area contributed by atoms with Crippen molar-refractivity contribution in [1.29, 1.82) is 0 Å². The van der Waals surface area contributed by atoms with Crippen molar-refractivity contribution in [2.75, 3.05) is 13.2 Å². The SMILES string of the molecule is CCCCOC(=O)N[C@@H](CC(N)=O)C(=O)N[C@@H](Cc1ccccc1)[C@H](O)C(=O)[N+]1(C(C)(C)C)CCC[C@H]1C(N)=O. The first kappa shape index (κ1) is 32.7. The standard InChI is InChI=1S/C28H43N5O7/c1-5-6-15-40-27(39)32-20(17-22(29)34)25(37)31-19(16-18-11-8-7-9-12-18)23(35)26(38)33(28(2,3)4)14-10-13-21(33)24(30)36/h7-9,11-12,19-21,23,35H,5-6,10,13-17H2,1-4H3,(H5-,29,30,31,32,34,36,37,39)/p+1/t19-,20-,21-,23-,33?/m0/s1. The molecule has 2 rings (SSSR count). The molecule has 1 saturated heterocycles. The Hall–Kier alpha value is -3.51. The van der Waals surface area contributed by atoms with Crippen LogP contribution in [0.5, 0.6) is 0 Å². The summed E-state index contributed by atoms with van der Waals surface area (Å²) < 4.78 is 4.69. The Kier molecular flexibility index (Phi) is 11.6. The smallest absolute Gasteiger partial charge is 0.407 e. The number of likely N-dealkylation sites (tertiary alicyclic amines) is 1. The van der Waals surface area contributed by atoms with Crippen LogP contribution in [0.2, 0.25) is 0 Å². The summed E-state index contributed by atoms with van der Waals surface area (Å²) in [5.41, 5.74) is 11.0. The number of alkyl carbamates (subject to hydrolysis) is 1. The molecule has 5 atom stereocenters. The molecule has 12 heteroatoms. The Morgan fingerprint density at radius 1 is 1.10 bits per heavy atom. The number of carbonyl (C=O) groups is 5. The number of primary amides is 2. The highest BCUT2D eigenvalue weighted by atomic mass is 16.5. The molecule has 7 N–H and O–H groups in total. The van der Waals surface area contributed by atoms with Crippen LogP contribution in [0.1, 0.15) is 65.4 Å². The summed E-state index contributed by atoms with van der Waals surface area (Å²) in [6.45, 7) is 7.77. The molecule has 1 aromatic rings. The van der Waals surface area contributed by atoms with E-state index in [1.807, 2.05) is 6.92 Å². The van der Waals surface area contributed by atoms with E-state index in [1.54, 1.807) is 51.1 Å². The van der Waals surface area contributed by atoms with Crippen LogP contribution >= 0.6 is 0 Å². The summed E-state index contributed by atoms with van der Waals surface area (Å²) in [4.78, 5) is 63.8. The summed E-state index contributed by atoms with van der Waals surface area (Å²) in [5.74, 6) is -2.95. The molecule has 1 aromatic carbocycles. The Balaban J connectivity index is 2.40. The van der Waals surface area contributed by atoms with Gasteiger partial charge < -0.3 is 31.9 Å². The van der Waals surface area contributed by atoms with E-state index in [1.165, 1.54) is 0 Å². The number of aliphatic hydroxyl groups excluding tert-OH is 1. The lowest BCUT2D eigenvalue weighted by Gasteiger charge is -2.47. The zero-order valence-corrected chi connectivity index (χ0v) is 23.9. The first-order valence-corrected chi connectivity index (χ1v) is 13.7. The Morgan fingerprint density at radius 2 is 1.75 bits per heavy atom. The number of benzene rings is 1. The van der Waals surface area contributed by atoms with Gasteiger partial charge in [0.05, 0.1) is 31.2 Å². The van der Waals surface area contributed by atoms with Crippen LogP contribution in [0.4, 0.5) is 4.79 Å². The number of quaternary nitrogens is 1. The molecule has 1 aliphatic heterocycles. The fourth-order valence-corrected chi connectivity index (χ4v) is 5.37. The molecule has 0 aliphatic carbocycles. The summed E-state index contributed by atoms with van der Waals surface area (Å²) in [7, 11) is 0. The van der Waals surface area contributed by atoms with Crippen molar-refractivity contribution in [3.63, 3.8) is 0 Å². The molecular weight excluding hydrogens is 518 g/mol. The first-order valence-electron chi connectivity index (χ1n) is 13.7. The largest absolute Gasteiger partial charge is 0.450 e. The summed E-state index contributed by atoms with van der Waals surface area (Å²) in [6, 6.07) is 5.51. The van der Waals surface area contributed by atoms with Gasteiger partial charge in [0, 0.05) is 12.8 Å². The predicted octanol–water partition coefficient (Wildman–Crippen LogP) is 0.635.